The van der Waals surface area contributed by atoms with E-state index in [0.29, 0.717) is 19.6 Å². The molecule has 5 nitrogen and oxygen atoms in total. The first-order valence-corrected chi connectivity index (χ1v) is 5.01. The number of hydrogen-bond acceptors (Lipinski definition) is 3. The molecule has 0 bridgehead atoms. The fourth-order valence-corrected chi connectivity index (χ4v) is 1.54. The van der Waals surface area contributed by atoms with Crippen molar-refractivity contribution in [2.24, 2.45) is 0 Å². The predicted octanol–water partition coefficient (Wildman–Crippen LogP) is -0.937. The molecule has 1 heterocycles. The Labute approximate surface area is 89.7 Å². The molecule has 1 aliphatic heterocycles. The van der Waals surface area contributed by atoms with Crippen molar-refractivity contribution in [2.75, 3.05) is 39.8 Å². The predicted molar refractivity (Wildman–Crippen MR) is 57.3 cm³/mol. The zero-order valence-electron chi connectivity index (χ0n) is 9.03. The van der Waals surface area contributed by atoms with Crippen LogP contribution in [0.15, 0.2) is 12.7 Å². The summed E-state index contributed by atoms with van der Waals surface area (Å²) in [5, 5.41) is 2.58. The van der Waals surface area contributed by atoms with Gasteiger partial charge >= 0.3 is 0 Å². The molecule has 0 aliphatic carbocycles. The molecule has 1 aliphatic rings. The minimum absolute atomic E-state index is 0.0125. The van der Waals surface area contributed by atoms with Crippen molar-refractivity contribution < 1.29 is 9.59 Å². The second-order valence-electron chi connectivity index (χ2n) is 3.48. The van der Waals surface area contributed by atoms with Gasteiger partial charge in [-0.2, -0.15) is 0 Å². The third-order valence-corrected chi connectivity index (χ3v) is 2.50. The average molecular weight is 211 g/mol. The first-order chi connectivity index (χ1) is 7.17. The lowest BCUT2D eigenvalue weighted by molar-refractivity contribution is -0.128. The summed E-state index contributed by atoms with van der Waals surface area (Å²) in [5.41, 5.74) is 0. The van der Waals surface area contributed by atoms with Crippen LogP contribution in [0.4, 0.5) is 0 Å². The van der Waals surface area contributed by atoms with Gasteiger partial charge in [-0.15, -0.1) is 0 Å². The molecule has 15 heavy (non-hydrogen) atoms. The number of likely N-dealkylation sites (N-methyl/N-ethyl adjacent to an activating group) is 1. The van der Waals surface area contributed by atoms with E-state index in [2.05, 4.69) is 11.9 Å². The summed E-state index contributed by atoms with van der Waals surface area (Å²) in [6.45, 7) is 6.68. The lowest BCUT2D eigenvalue weighted by Crippen LogP contribution is -2.50. The maximum absolute atomic E-state index is 11.3. The van der Waals surface area contributed by atoms with E-state index in [9.17, 15) is 9.59 Å². The van der Waals surface area contributed by atoms with Crippen molar-refractivity contribution in [3.05, 3.63) is 12.7 Å². The summed E-state index contributed by atoms with van der Waals surface area (Å²) in [4.78, 5) is 26.1. The lowest BCUT2D eigenvalue weighted by atomic mass is 10.3. The van der Waals surface area contributed by atoms with Crippen LogP contribution in [0.5, 0.6) is 0 Å². The summed E-state index contributed by atoms with van der Waals surface area (Å²) in [5.74, 6) is -0.0203. The highest BCUT2D eigenvalue weighted by atomic mass is 16.2. The highest BCUT2D eigenvalue weighted by molar-refractivity contribution is 5.87. The van der Waals surface area contributed by atoms with E-state index < -0.39 is 0 Å². The fourth-order valence-electron chi connectivity index (χ4n) is 1.54. The van der Waals surface area contributed by atoms with Crippen LogP contribution in [0.25, 0.3) is 0 Å². The molecule has 0 atom stereocenters. The summed E-state index contributed by atoms with van der Waals surface area (Å²) >= 11 is 0. The highest BCUT2D eigenvalue weighted by Crippen LogP contribution is 2.01. The summed E-state index contributed by atoms with van der Waals surface area (Å²) in [6.07, 6.45) is 1.33. The van der Waals surface area contributed by atoms with Gasteiger partial charge in [0.1, 0.15) is 0 Å². The Morgan fingerprint density at radius 1 is 1.33 bits per heavy atom. The normalized spacial score (nSPS) is 17.3. The van der Waals surface area contributed by atoms with Crippen molar-refractivity contribution in [2.45, 2.75) is 0 Å². The smallest absolute Gasteiger partial charge is 0.246 e. The van der Waals surface area contributed by atoms with Crippen LogP contribution >= 0.6 is 0 Å². The molecule has 1 rings (SSSR count). The Bertz CT molecular complexity index is 257. The van der Waals surface area contributed by atoms with Gasteiger partial charge in [0.05, 0.1) is 6.54 Å². The monoisotopic (exact) mass is 211 g/mol. The second kappa shape index (κ2) is 5.50. The molecular weight excluding hydrogens is 194 g/mol. The van der Waals surface area contributed by atoms with E-state index in [-0.39, 0.29) is 11.8 Å². The van der Waals surface area contributed by atoms with E-state index in [1.54, 1.807) is 11.9 Å². The number of amides is 2. The number of nitrogens with one attached hydrogen (secondary N) is 1. The molecular formula is C10H17N3O2. The quantitative estimate of drug-likeness (QED) is 0.613. The number of nitrogens with zero attached hydrogens (tertiary/aromatic N) is 2. The van der Waals surface area contributed by atoms with Gasteiger partial charge in [-0.05, 0) is 6.08 Å². The number of carbonyl (C=O) groups excluding carboxylic acids is 2. The summed E-state index contributed by atoms with van der Waals surface area (Å²) in [7, 11) is 1.62. The third kappa shape index (κ3) is 3.36. The molecule has 0 radical (unpaired) electrons. The van der Waals surface area contributed by atoms with Crippen molar-refractivity contribution in [3.8, 4) is 0 Å². The van der Waals surface area contributed by atoms with E-state index in [0.717, 1.165) is 13.1 Å². The van der Waals surface area contributed by atoms with Crippen molar-refractivity contribution in [3.63, 3.8) is 0 Å². The standard InChI is InChI=1S/C10H17N3O2/c1-3-10(15)13-6-4-12(5-7-13)8-9(14)11-2/h3H,1,4-8H2,2H3,(H,11,14). The number of carbonyl (C=O) groups is 2. The van der Waals surface area contributed by atoms with E-state index >= 15 is 0 Å². The maximum Gasteiger partial charge on any atom is 0.246 e. The average Bonchev–Trinajstić information content (AvgIpc) is 2.29. The third-order valence-electron chi connectivity index (χ3n) is 2.50. The van der Waals surface area contributed by atoms with E-state index in [1.807, 2.05) is 4.90 Å². The van der Waals surface area contributed by atoms with E-state index in [4.69, 9.17) is 0 Å². The number of piperazine rings is 1. The van der Waals surface area contributed by atoms with Crippen molar-refractivity contribution >= 4 is 11.8 Å². The van der Waals surface area contributed by atoms with Crippen molar-refractivity contribution in [1.29, 1.82) is 0 Å². The maximum atomic E-state index is 11.3. The topological polar surface area (TPSA) is 52.7 Å². The minimum atomic E-state index is -0.0328. The van der Waals surface area contributed by atoms with Gasteiger partial charge in [0.25, 0.3) is 0 Å². The summed E-state index contributed by atoms with van der Waals surface area (Å²) in [6, 6.07) is 0. The van der Waals surface area contributed by atoms with Crippen LogP contribution in [-0.2, 0) is 9.59 Å². The van der Waals surface area contributed by atoms with Crippen molar-refractivity contribution in [1.82, 2.24) is 15.1 Å². The highest BCUT2D eigenvalue weighted by Gasteiger charge is 2.20. The first kappa shape index (κ1) is 11.7. The van der Waals surface area contributed by atoms with E-state index in [1.165, 1.54) is 6.08 Å². The van der Waals surface area contributed by atoms with Gasteiger partial charge in [-0.25, -0.2) is 0 Å². The van der Waals surface area contributed by atoms with Gasteiger partial charge in [0.15, 0.2) is 0 Å². The molecule has 0 saturated carbocycles. The van der Waals surface area contributed by atoms with Crippen LogP contribution in [-0.4, -0.2) is 61.4 Å². The Balaban J connectivity index is 2.32. The second-order valence-corrected chi connectivity index (χ2v) is 3.48. The molecule has 84 valence electrons. The molecule has 0 aromatic carbocycles. The fraction of sp³-hybridized carbons (Fsp3) is 0.600. The van der Waals surface area contributed by atoms with Gasteiger partial charge in [-0.1, -0.05) is 6.58 Å². The van der Waals surface area contributed by atoms with Crippen LogP contribution in [0, 0.1) is 0 Å². The molecule has 2 amide bonds. The van der Waals surface area contributed by atoms with Crippen LogP contribution < -0.4 is 5.32 Å². The zero-order valence-corrected chi connectivity index (χ0v) is 9.03. The summed E-state index contributed by atoms with van der Waals surface area (Å²) < 4.78 is 0. The van der Waals surface area contributed by atoms with Crippen LogP contribution in [0.3, 0.4) is 0 Å². The van der Waals surface area contributed by atoms with Gasteiger partial charge < -0.3 is 10.2 Å². The van der Waals surface area contributed by atoms with Crippen LogP contribution in [0.1, 0.15) is 0 Å². The Morgan fingerprint density at radius 2 is 1.93 bits per heavy atom. The van der Waals surface area contributed by atoms with Gasteiger partial charge in [-0.3, -0.25) is 14.5 Å². The molecule has 0 spiro atoms. The van der Waals surface area contributed by atoms with Gasteiger partial charge in [0, 0.05) is 33.2 Å². The number of hydrogen-bond donors (Lipinski definition) is 1. The lowest BCUT2D eigenvalue weighted by Gasteiger charge is -2.33. The van der Waals surface area contributed by atoms with Gasteiger partial charge in [0.2, 0.25) is 11.8 Å². The Morgan fingerprint density at radius 3 is 2.40 bits per heavy atom. The zero-order chi connectivity index (χ0) is 11.3. The molecule has 0 unspecified atom stereocenters. The molecule has 0 aromatic rings. The Hall–Kier alpha value is -1.36. The van der Waals surface area contributed by atoms with Crippen LogP contribution in [0.2, 0.25) is 0 Å². The molecule has 0 aromatic heterocycles. The minimum Gasteiger partial charge on any atom is -0.358 e. The molecule has 5 heteroatoms. The largest absolute Gasteiger partial charge is 0.358 e. The Kier molecular flexibility index (Phi) is 4.30. The molecule has 1 N–H and O–H groups in total. The molecule has 1 saturated heterocycles. The number of rotatable bonds is 3. The molecule has 1 fully saturated rings. The SMILES string of the molecule is C=CC(=O)N1CCN(CC(=O)NC)CC1. The first-order valence-electron chi connectivity index (χ1n) is 5.01.